The summed E-state index contributed by atoms with van der Waals surface area (Å²) >= 11 is 0. The number of rotatable bonds is 5. The van der Waals surface area contributed by atoms with Crippen LogP contribution in [0.2, 0.25) is 0 Å². The third kappa shape index (κ3) is 2.56. The molecule has 1 aliphatic heterocycles. The van der Waals surface area contributed by atoms with Crippen LogP contribution in [0.15, 0.2) is 47.4 Å². The zero-order valence-electron chi connectivity index (χ0n) is 16.0. The molecule has 3 aromatic rings. The lowest BCUT2D eigenvalue weighted by Crippen LogP contribution is -2.30. The number of hydrogen-bond donors (Lipinski definition) is 2. The van der Waals surface area contributed by atoms with Crippen molar-refractivity contribution >= 4 is 22.4 Å². The van der Waals surface area contributed by atoms with E-state index in [2.05, 4.69) is 21.5 Å². The summed E-state index contributed by atoms with van der Waals surface area (Å²) in [5.74, 6) is 0.888. The lowest BCUT2D eigenvalue weighted by Gasteiger charge is -2.20. The largest absolute Gasteiger partial charge is 0.497 e. The van der Waals surface area contributed by atoms with Gasteiger partial charge in [0.25, 0.3) is 0 Å². The zero-order chi connectivity index (χ0) is 19.3. The van der Waals surface area contributed by atoms with E-state index in [1.165, 1.54) is 11.1 Å². The molecule has 0 amide bonds. The fourth-order valence-electron chi connectivity index (χ4n) is 4.22. The van der Waals surface area contributed by atoms with Gasteiger partial charge in [-0.1, -0.05) is 0 Å². The third-order valence-electron chi connectivity index (χ3n) is 5.60. The molecule has 5 rings (SSSR count). The number of hydrogen-bond acceptors (Lipinski definition) is 4. The van der Waals surface area contributed by atoms with Crippen LogP contribution in [-0.4, -0.2) is 41.2 Å². The van der Waals surface area contributed by atoms with E-state index in [9.17, 15) is 4.79 Å². The van der Waals surface area contributed by atoms with Crippen LogP contribution in [0.25, 0.3) is 10.9 Å². The molecule has 6 heteroatoms. The molecule has 0 spiro atoms. The summed E-state index contributed by atoms with van der Waals surface area (Å²) in [7, 11) is 3.61. The minimum atomic E-state index is 0.0465. The Hall–Kier alpha value is -3.28. The molecule has 0 saturated carbocycles. The summed E-state index contributed by atoms with van der Waals surface area (Å²) in [5.41, 5.74) is 6.82. The van der Waals surface area contributed by atoms with Gasteiger partial charge in [-0.25, -0.2) is 0 Å². The molecule has 6 nitrogen and oxygen atoms in total. The van der Waals surface area contributed by atoms with Crippen LogP contribution in [0.1, 0.15) is 27.2 Å². The van der Waals surface area contributed by atoms with E-state index in [0.29, 0.717) is 12.2 Å². The van der Waals surface area contributed by atoms with Gasteiger partial charge in [-0.05, 0) is 48.2 Å². The smallest absolute Gasteiger partial charge is 0.225 e. The minimum Gasteiger partial charge on any atom is -0.497 e. The van der Waals surface area contributed by atoms with Crippen molar-refractivity contribution in [3.63, 3.8) is 0 Å². The maximum atomic E-state index is 13.0. The van der Waals surface area contributed by atoms with Gasteiger partial charge in [0.1, 0.15) is 11.4 Å². The van der Waals surface area contributed by atoms with Crippen LogP contribution >= 0.6 is 0 Å². The summed E-state index contributed by atoms with van der Waals surface area (Å²) in [4.78, 5) is 20.9. The van der Waals surface area contributed by atoms with Crippen molar-refractivity contribution in [3.05, 3.63) is 64.8 Å². The van der Waals surface area contributed by atoms with Gasteiger partial charge in [-0.3, -0.25) is 9.79 Å². The van der Waals surface area contributed by atoms with Crippen molar-refractivity contribution in [2.45, 2.75) is 12.8 Å². The second-order valence-corrected chi connectivity index (χ2v) is 7.30. The first-order valence-electron chi connectivity index (χ1n) is 9.53. The number of methoxy groups -OCH3 is 1. The Kier molecular flexibility index (Phi) is 3.86. The molecule has 0 saturated heterocycles. The monoisotopic (exact) mass is 374 g/mol. The van der Waals surface area contributed by atoms with E-state index < -0.39 is 0 Å². The third-order valence-corrected chi connectivity index (χ3v) is 5.60. The van der Waals surface area contributed by atoms with E-state index in [-0.39, 0.29) is 5.78 Å². The maximum absolute atomic E-state index is 13.0. The van der Waals surface area contributed by atoms with E-state index in [4.69, 9.17) is 4.74 Å². The molecule has 0 atom stereocenters. The molecule has 142 valence electrons. The maximum Gasteiger partial charge on any atom is 0.225 e. The summed E-state index contributed by atoms with van der Waals surface area (Å²) in [6.07, 6.45) is 7.70. The van der Waals surface area contributed by atoms with Gasteiger partial charge in [-0.15, -0.1) is 0 Å². The average Bonchev–Trinajstić information content (AvgIpc) is 3.26. The van der Waals surface area contributed by atoms with E-state index in [0.717, 1.165) is 53.0 Å². The van der Waals surface area contributed by atoms with Gasteiger partial charge >= 0.3 is 0 Å². The number of aliphatic imine (C=N–C) groups is 1. The lowest BCUT2D eigenvalue weighted by atomic mass is 9.92. The molecule has 3 heterocycles. The normalized spacial score (nSPS) is 15.3. The molecular weight excluding hydrogens is 352 g/mol. The number of aromatic amines is 1. The average molecular weight is 374 g/mol. The quantitative estimate of drug-likeness (QED) is 0.721. The Bertz CT molecular complexity index is 1160. The number of ketones is 1. The van der Waals surface area contributed by atoms with Crippen LogP contribution < -0.4 is 10.1 Å². The molecular formula is C22H22N4O2. The Morgan fingerprint density at radius 3 is 3.11 bits per heavy atom. The summed E-state index contributed by atoms with van der Waals surface area (Å²) in [5, 5.41) is 4.49. The second-order valence-electron chi connectivity index (χ2n) is 7.30. The zero-order valence-corrected chi connectivity index (χ0v) is 16.0. The van der Waals surface area contributed by atoms with Crippen LogP contribution in [0.4, 0.5) is 0 Å². The number of allylic oxidation sites excluding steroid dienone is 2. The van der Waals surface area contributed by atoms with Gasteiger partial charge in [0.15, 0.2) is 0 Å². The second kappa shape index (κ2) is 6.41. The molecule has 2 aliphatic rings. The molecule has 28 heavy (non-hydrogen) atoms. The molecule has 0 fully saturated rings. The Labute approximate surface area is 162 Å². The number of Topliss-reactive ketones (excluding diaryl/α,β-unsaturated/α-hetero) is 1. The molecule has 2 aromatic heterocycles. The van der Waals surface area contributed by atoms with Crippen LogP contribution in [0.3, 0.4) is 0 Å². The number of benzene rings is 1. The van der Waals surface area contributed by atoms with Gasteiger partial charge in [-0.2, -0.15) is 0 Å². The Morgan fingerprint density at radius 2 is 2.25 bits per heavy atom. The summed E-state index contributed by atoms with van der Waals surface area (Å²) in [6.45, 7) is 1.45. The number of nitrogens with one attached hydrogen (secondary N) is 2. The topological polar surface area (TPSA) is 71.4 Å². The fraction of sp³-hybridized carbons (Fsp3) is 0.273. The Morgan fingerprint density at radius 1 is 1.36 bits per heavy atom. The van der Waals surface area contributed by atoms with Gasteiger partial charge in [0, 0.05) is 49.0 Å². The molecule has 0 unspecified atom stereocenters. The predicted molar refractivity (Wildman–Crippen MR) is 109 cm³/mol. The highest BCUT2D eigenvalue weighted by Gasteiger charge is 2.31. The first-order chi connectivity index (χ1) is 13.7. The van der Waals surface area contributed by atoms with Crippen molar-refractivity contribution in [3.8, 4) is 5.75 Å². The number of ether oxygens (including phenoxy) is 1. The van der Waals surface area contributed by atoms with Crippen molar-refractivity contribution in [2.75, 3.05) is 20.2 Å². The molecule has 0 radical (unpaired) electrons. The van der Waals surface area contributed by atoms with Crippen LogP contribution in [-0.2, 0) is 19.9 Å². The van der Waals surface area contributed by atoms with Crippen molar-refractivity contribution < 1.29 is 9.53 Å². The first-order valence-corrected chi connectivity index (χ1v) is 9.53. The number of carbonyl (C=O) groups is 1. The number of aromatic nitrogens is 2. The Balaban J connectivity index is 1.36. The number of aryl methyl sites for hydroxylation is 1. The van der Waals surface area contributed by atoms with E-state index in [1.54, 1.807) is 7.11 Å². The van der Waals surface area contributed by atoms with Crippen LogP contribution in [0.5, 0.6) is 5.75 Å². The highest BCUT2D eigenvalue weighted by Crippen LogP contribution is 2.29. The van der Waals surface area contributed by atoms with Crippen molar-refractivity contribution in [2.24, 2.45) is 12.0 Å². The van der Waals surface area contributed by atoms with Gasteiger partial charge < -0.3 is 19.6 Å². The van der Waals surface area contributed by atoms with Crippen molar-refractivity contribution in [1.82, 2.24) is 14.9 Å². The summed E-state index contributed by atoms with van der Waals surface area (Å²) in [6, 6.07) is 6.01. The number of nitrogens with zero attached hydrogens (tertiary/aromatic N) is 2. The number of H-pyrrole nitrogens is 1. The molecule has 0 bridgehead atoms. The molecule has 2 N–H and O–H groups in total. The number of carbonyl (C=O) groups excluding carboxylic acids is 1. The van der Waals surface area contributed by atoms with Gasteiger partial charge in [0.2, 0.25) is 5.78 Å². The SMILES string of the molecule is COc1ccc2[nH]cc(CCNC3=CC4=NCCc5cn(C)c(c54)C3=O)c2c1. The molecule has 1 aliphatic carbocycles. The fourth-order valence-corrected chi connectivity index (χ4v) is 4.22. The van der Waals surface area contributed by atoms with Crippen molar-refractivity contribution in [1.29, 1.82) is 0 Å². The standard InChI is InChI=1S/C22H22N4O2/c1-26-12-14-6-8-23-18-10-19(22(27)21(26)20(14)18)24-7-5-13-11-25-17-4-3-15(28-2)9-16(13)17/h3-4,9-12,24-25H,5-8H2,1-2H3. The van der Waals surface area contributed by atoms with E-state index in [1.807, 2.05) is 42.1 Å². The van der Waals surface area contributed by atoms with E-state index >= 15 is 0 Å². The lowest BCUT2D eigenvalue weighted by molar-refractivity contribution is 0.101. The first kappa shape index (κ1) is 16.9. The minimum absolute atomic E-state index is 0.0465. The highest BCUT2D eigenvalue weighted by molar-refractivity contribution is 6.26. The van der Waals surface area contributed by atoms with Gasteiger partial charge in [0.05, 0.1) is 18.5 Å². The highest BCUT2D eigenvalue weighted by atomic mass is 16.5. The summed E-state index contributed by atoms with van der Waals surface area (Å²) < 4.78 is 7.28. The predicted octanol–water partition coefficient (Wildman–Crippen LogP) is 2.77. The number of fused-ring (bicyclic) bond motifs is 1. The van der Waals surface area contributed by atoms with Crippen LogP contribution in [0, 0.1) is 0 Å². The molecule has 1 aromatic carbocycles.